The minimum atomic E-state index is -0.560. The second-order valence-electron chi connectivity index (χ2n) is 3.74. The Morgan fingerprint density at radius 2 is 2.00 bits per heavy atom. The van der Waals surface area contributed by atoms with Gasteiger partial charge >= 0.3 is 116 Å². The minimum absolute atomic E-state index is 0.201. The van der Waals surface area contributed by atoms with Gasteiger partial charge in [0.15, 0.2) is 0 Å². The summed E-state index contributed by atoms with van der Waals surface area (Å²) in [6, 6.07) is 10.9. The summed E-state index contributed by atoms with van der Waals surface area (Å²) in [7, 11) is 0. The number of nitrogens with zero attached hydrogens (tertiary/aromatic N) is 3. The van der Waals surface area contributed by atoms with Gasteiger partial charge in [-0.05, 0) is 0 Å². The molecule has 1 N–H and O–H groups in total. The van der Waals surface area contributed by atoms with Gasteiger partial charge in [-0.1, -0.05) is 0 Å². The Morgan fingerprint density at radius 1 is 1.17 bits per heavy atom. The topological polar surface area (TPSA) is 50.9 Å². The van der Waals surface area contributed by atoms with Crippen molar-refractivity contribution in [3.8, 4) is 17.0 Å². The van der Waals surface area contributed by atoms with Crippen LogP contribution < -0.4 is 21.3 Å². The van der Waals surface area contributed by atoms with E-state index in [0.717, 1.165) is 11.0 Å². The monoisotopic (exact) mass is 348 g/mol. The van der Waals surface area contributed by atoms with Gasteiger partial charge in [0.25, 0.3) is 0 Å². The predicted molar refractivity (Wildman–Crippen MR) is 65.8 cm³/mol. The molecule has 0 aliphatic carbocycles. The van der Waals surface area contributed by atoms with Gasteiger partial charge in [-0.15, -0.1) is 0 Å². The Bertz CT molecular complexity index is 713. The molecule has 0 fully saturated rings. The second kappa shape index (κ2) is 4.60. The van der Waals surface area contributed by atoms with E-state index in [1.807, 2.05) is 33.2 Å². The molecule has 6 heteroatoms. The van der Waals surface area contributed by atoms with Crippen LogP contribution in [0, 0.1) is 0 Å². The average Bonchev–Trinajstić information content (AvgIpc) is 2.81. The molecule has 0 saturated carbocycles. The summed E-state index contributed by atoms with van der Waals surface area (Å²) in [5.41, 5.74) is 8.86. The van der Waals surface area contributed by atoms with Crippen LogP contribution in [0.15, 0.2) is 42.6 Å². The van der Waals surface area contributed by atoms with Crippen molar-refractivity contribution >= 4 is 16.7 Å². The molecule has 4 nitrogen and oxygen atoms in total. The first-order valence-corrected chi connectivity index (χ1v) is 7.48. The molecule has 2 radical (unpaired) electrons. The number of hydrogen-bond donors (Lipinski definition) is 1. The molecule has 1 aromatic carbocycles. The molecule has 18 heavy (non-hydrogen) atoms. The van der Waals surface area contributed by atoms with E-state index in [1.165, 1.54) is 0 Å². The van der Waals surface area contributed by atoms with Crippen molar-refractivity contribution in [2.24, 2.45) is 0 Å². The van der Waals surface area contributed by atoms with Crippen molar-refractivity contribution in [1.29, 1.82) is 0 Å². The number of halogens is 1. The zero-order valence-corrected chi connectivity index (χ0v) is 11.4. The van der Waals surface area contributed by atoms with Crippen molar-refractivity contribution in [1.82, 2.24) is 13.0 Å². The predicted octanol–water partition coefficient (Wildman–Crippen LogP) is -1.26. The maximum absolute atomic E-state index is 9.82. The van der Waals surface area contributed by atoms with Crippen LogP contribution in [0.25, 0.3) is 22.3 Å². The zero-order chi connectivity index (χ0) is 12.5. The van der Waals surface area contributed by atoms with Crippen molar-refractivity contribution in [2.75, 3.05) is 0 Å². The first-order chi connectivity index (χ1) is 8.79. The van der Waals surface area contributed by atoms with Gasteiger partial charge in [0, 0.05) is 0 Å². The normalized spacial score (nSPS) is 11.1. The molecule has 88 valence electrons. The first-order valence-electron chi connectivity index (χ1n) is 5.27. The molecule has 0 amide bonds. The fraction of sp³-hybridized carbons (Fsp3) is 0. The molecule has 0 atom stereocenters. The van der Waals surface area contributed by atoms with E-state index in [0.29, 0.717) is 11.3 Å². The maximum atomic E-state index is 9.82. The summed E-state index contributed by atoms with van der Waals surface area (Å²) in [6.45, 7) is 0. The summed E-state index contributed by atoms with van der Waals surface area (Å²) >= 11 is -0.560. The molecule has 0 spiro atoms. The van der Waals surface area contributed by atoms with Gasteiger partial charge in [0.1, 0.15) is 0 Å². The molecule has 0 aliphatic heterocycles. The van der Waals surface area contributed by atoms with Gasteiger partial charge in [-0.2, -0.15) is 0 Å². The molecule has 2 heterocycles. The number of phenols is 1. The van der Waals surface area contributed by atoms with Crippen molar-refractivity contribution < 1.29 is 26.4 Å². The second-order valence-corrected chi connectivity index (χ2v) is 5.34. The number of aromatic hydroxyl groups is 1. The number of fused-ring (bicyclic) bond motifs is 1. The first kappa shape index (κ1) is 11.5. The van der Waals surface area contributed by atoms with E-state index in [2.05, 4.69) is 10.2 Å². The number of hydrogen-bond acceptors (Lipinski definition) is 3. The van der Waals surface area contributed by atoms with Gasteiger partial charge in [0.2, 0.25) is 0 Å². The molecule has 3 rings (SSSR count). The standard InChI is InChI=1S/C12H8BIN3O/c13-14-17-6-5-9-11(17)7-10(16-15-9)8-3-1-2-4-12(8)18/h1-7,18H/q-1. The Balaban J connectivity index is 2.21. The van der Waals surface area contributed by atoms with Crippen molar-refractivity contribution in [2.45, 2.75) is 0 Å². The summed E-state index contributed by atoms with van der Waals surface area (Å²) in [4.78, 5) is 0. The molecule has 0 saturated heterocycles. The summed E-state index contributed by atoms with van der Waals surface area (Å²) in [5.74, 6) is 0.201. The third-order valence-electron chi connectivity index (χ3n) is 2.68. The molecule has 0 aliphatic rings. The van der Waals surface area contributed by atoms with Crippen molar-refractivity contribution in [3.63, 3.8) is 0 Å². The molecule has 3 aromatic rings. The summed E-state index contributed by atoms with van der Waals surface area (Å²) in [5, 5.41) is 18.1. The SMILES string of the molecule is [B][I-]n1ccc2nnc(-c3ccccc3O)cc21. The van der Waals surface area contributed by atoms with E-state index >= 15 is 0 Å². The van der Waals surface area contributed by atoms with E-state index in [4.69, 9.17) is 5.70 Å². The summed E-state index contributed by atoms with van der Waals surface area (Å²) < 4.78 is 1.99. The molecule has 0 bridgehead atoms. The Hall–Kier alpha value is -1.57. The third kappa shape index (κ3) is 1.86. The van der Waals surface area contributed by atoms with E-state index in [1.54, 1.807) is 12.1 Å². The van der Waals surface area contributed by atoms with Gasteiger partial charge < -0.3 is 0 Å². The van der Waals surface area contributed by atoms with Gasteiger partial charge in [-0.3, -0.25) is 0 Å². The number of aromatic nitrogens is 3. The molecular weight excluding hydrogens is 340 g/mol. The molecule has 2 aromatic heterocycles. The van der Waals surface area contributed by atoms with Crippen LogP contribution >= 0.6 is 0 Å². The van der Waals surface area contributed by atoms with Crippen LogP contribution in [0.2, 0.25) is 0 Å². The van der Waals surface area contributed by atoms with E-state index in [9.17, 15) is 5.11 Å². The Labute approximate surface area is 115 Å². The van der Waals surface area contributed by atoms with Crippen LogP contribution in [0.4, 0.5) is 0 Å². The zero-order valence-electron chi connectivity index (χ0n) is 9.29. The fourth-order valence-corrected chi connectivity index (χ4v) is 2.84. The third-order valence-corrected chi connectivity index (χ3v) is 4.12. The van der Waals surface area contributed by atoms with E-state index < -0.39 is 21.3 Å². The van der Waals surface area contributed by atoms with Crippen LogP contribution in [-0.4, -0.2) is 23.8 Å². The number of phenolic OH excluding ortho intramolecular Hbond substituents is 1. The number of benzene rings is 1. The average molecular weight is 348 g/mol. The van der Waals surface area contributed by atoms with Gasteiger partial charge in [0.05, 0.1) is 0 Å². The number of para-hydroxylation sites is 1. The van der Waals surface area contributed by atoms with Crippen LogP contribution in [-0.2, 0) is 0 Å². The molecular formula is C12H8BIN3O-. The van der Waals surface area contributed by atoms with Crippen molar-refractivity contribution in [3.05, 3.63) is 42.6 Å². The number of rotatable bonds is 2. The quantitative estimate of drug-likeness (QED) is 0.465. The van der Waals surface area contributed by atoms with E-state index in [-0.39, 0.29) is 5.75 Å². The molecule has 0 unspecified atom stereocenters. The van der Waals surface area contributed by atoms with Gasteiger partial charge in [-0.25, -0.2) is 0 Å². The van der Waals surface area contributed by atoms with Crippen LogP contribution in [0.5, 0.6) is 5.75 Å². The van der Waals surface area contributed by atoms with Crippen LogP contribution in [0.3, 0.4) is 0 Å². The van der Waals surface area contributed by atoms with Crippen LogP contribution in [0.1, 0.15) is 0 Å². The summed E-state index contributed by atoms with van der Waals surface area (Å²) in [6.07, 6.45) is 1.92. The Kier molecular flexibility index (Phi) is 2.95. The fourth-order valence-electron chi connectivity index (χ4n) is 1.80. The Morgan fingerprint density at radius 3 is 2.78 bits per heavy atom.